The highest BCUT2D eigenvalue weighted by molar-refractivity contribution is 6.30. The smallest absolute Gasteiger partial charge is 0.286 e. The van der Waals surface area contributed by atoms with E-state index < -0.39 is 30.3 Å². The Morgan fingerprint density at radius 2 is 2.17 bits per heavy atom. The largest absolute Gasteiger partial charge is 0.340 e. The van der Waals surface area contributed by atoms with Crippen LogP contribution in [0.4, 0.5) is 8.78 Å². The normalized spacial score (nSPS) is 19.5. The number of aromatic nitrogens is 2. The minimum Gasteiger partial charge on any atom is -0.340 e. The van der Waals surface area contributed by atoms with E-state index in [1.54, 1.807) is 18.3 Å². The van der Waals surface area contributed by atoms with E-state index in [-0.39, 0.29) is 12.2 Å². The maximum absolute atomic E-state index is 14.0. The van der Waals surface area contributed by atoms with Gasteiger partial charge in [-0.2, -0.15) is 0 Å². The molecule has 6 nitrogen and oxygen atoms in total. The topological polar surface area (TPSA) is 66.7 Å². The molecule has 0 spiro atoms. The third-order valence-corrected chi connectivity index (χ3v) is 3.98. The van der Waals surface area contributed by atoms with Crippen LogP contribution in [0, 0.1) is 0 Å². The van der Waals surface area contributed by atoms with Crippen molar-refractivity contribution in [3.63, 3.8) is 0 Å². The second kappa shape index (κ2) is 5.86. The number of amides is 2. The number of nitrogens with zero attached hydrogens (tertiary/aromatic N) is 3. The summed E-state index contributed by atoms with van der Waals surface area (Å²) in [6.45, 7) is 2.22. The average molecular weight is 355 g/mol. The van der Waals surface area contributed by atoms with Crippen LogP contribution < -0.4 is 5.32 Å². The van der Waals surface area contributed by atoms with Crippen molar-refractivity contribution < 1.29 is 18.4 Å². The zero-order chi connectivity index (χ0) is 17.5. The van der Waals surface area contributed by atoms with Gasteiger partial charge in [0.1, 0.15) is 17.4 Å². The summed E-state index contributed by atoms with van der Waals surface area (Å²) in [5, 5.41) is 2.70. The quantitative estimate of drug-likeness (QED) is 0.854. The molecule has 3 rings (SSSR count). The van der Waals surface area contributed by atoms with E-state index in [1.165, 1.54) is 10.6 Å². The SMILES string of the molecule is C=CC(=O)N1CC(NC(=O)c2cn3cc(Cl)ccc3n2)C(F)(F)C1. The molecule has 2 amide bonds. The van der Waals surface area contributed by atoms with Crippen LogP contribution in [0.5, 0.6) is 0 Å². The van der Waals surface area contributed by atoms with Gasteiger partial charge in [-0.15, -0.1) is 0 Å². The second-order valence-corrected chi connectivity index (χ2v) is 5.89. The number of hydrogen-bond acceptors (Lipinski definition) is 3. The Morgan fingerprint density at radius 3 is 2.88 bits per heavy atom. The van der Waals surface area contributed by atoms with Gasteiger partial charge < -0.3 is 14.6 Å². The highest BCUT2D eigenvalue weighted by atomic mass is 35.5. The number of hydrogen-bond donors (Lipinski definition) is 1. The molecule has 0 aliphatic carbocycles. The number of nitrogens with one attached hydrogen (secondary N) is 1. The molecule has 126 valence electrons. The van der Waals surface area contributed by atoms with Crippen LogP contribution in [-0.4, -0.2) is 51.2 Å². The molecular formula is C15H13ClF2N4O2. The highest BCUT2D eigenvalue weighted by Gasteiger charge is 2.50. The van der Waals surface area contributed by atoms with E-state index in [1.807, 2.05) is 0 Å². The van der Waals surface area contributed by atoms with Gasteiger partial charge in [0.05, 0.1) is 11.6 Å². The predicted octanol–water partition coefficient (Wildman–Crippen LogP) is 1.75. The summed E-state index contributed by atoms with van der Waals surface area (Å²) in [7, 11) is 0. The van der Waals surface area contributed by atoms with Gasteiger partial charge in [0.2, 0.25) is 5.91 Å². The average Bonchev–Trinajstić information content (AvgIpc) is 3.07. The molecule has 1 N–H and O–H groups in total. The number of likely N-dealkylation sites (tertiary alicyclic amines) is 1. The fourth-order valence-corrected chi connectivity index (χ4v) is 2.71. The van der Waals surface area contributed by atoms with Gasteiger partial charge in [0.25, 0.3) is 11.8 Å². The fraction of sp³-hybridized carbons (Fsp3) is 0.267. The zero-order valence-electron chi connectivity index (χ0n) is 12.4. The van der Waals surface area contributed by atoms with Gasteiger partial charge in [0, 0.05) is 18.9 Å². The number of fused-ring (bicyclic) bond motifs is 1. The molecule has 24 heavy (non-hydrogen) atoms. The molecule has 0 radical (unpaired) electrons. The monoisotopic (exact) mass is 354 g/mol. The number of pyridine rings is 1. The molecule has 9 heteroatoms. The number of carbonyl (C=O) groups is 2. The first kappa shape index (κ1) is 16.4. The molecule has 1 aliphatic rings. The van der Waals surface area contributed by atoms with Gasteiger partial charge >= 0.3 is 0 Å². The Balaban J connectivity index is 1.78. The Bertz CT molecular complexity index is 836. The van der Waals surface area contributed by atoms with E-state index in [2.05, 4.69) is 16.9 Å². The molecule has 0 aromatic carbocycles. The predicted molar refractivity (Wildman–Crippen MR) is 83.2 cm³/mol. The first-order valence-electron chi connectivity index (χ1n) is 7.04. The Kier molecular flexibility index (Phi) is 4.00. The lowest BCUT2D eigenvalue weighted by molar-refractivity contribution is -0.126. The van der Waals surface area contributed by atoms with E-state index in [4.69, 9.17) is 11.6 Å². The molecule has 2 aromatic rings. The number of halogens is 3. The Labute approximate surface area is 140 Å². The van der Waals surface area contributed by atoms with Crippen molar-refractivity contribution in [3.8, 4) is 0 Å². The van der Waals surface area contributed by atoms with Crippen molar-refractivity contribution in [1.82, 2.24) is 19.6 Å². The molecule has 1 aliphatic heterocycles. The molecule has 1 atom stereocenters. The zero-order valence-corrected chi connectivity index (χ0v) is 13.1. The van der Waals surface area contributed by atoms with Crippen molar-refractivity contribution >= 4 is 29.1 Å². The molecule has 1 unspecified atom stereocenters. The van der Waals surface area contributed by atoms with Crippen LogP contribution in [-0.2, 0) is 4.79 Å². The molecule has 0 bridgehead atoms. The van der Waals surface area contributed by atoms with Crippen molar-refractivity contribution in [3.05, 3.63) is 47.9 Å². The van der Waals surface area contributed by atoms with E-state index >= 15 is 0 Å². The van der Waals surface area contributed by atoms with Crippen LogP contribution in [0.15, 0.2) is 37.2 Å². The summed E-state index contributed by atoms with van der Waals surface area (Å²) in [6, 6.07) is 1.73. The number of rotatable bonds is 3. The van der Waals surface area contributed by atoms with Crippen LogP contribution >= 0.6 is 11.6 Å². The van der Waals surface area contributed by atoms with Crippen molar-refractivity contribution in [2.24, 2.45) is 0 Å². The van der Waals surface area contributed by atoms with Crippen LogP contribution in [0.2, 0.25) is 5.02 Å². The van der Waals surface area contributed by atoms with Crippen molar-refractivity contribution in [2.75, 3.05) is 13.1 Å². The summed E-state index contributed by atoms with van der Waals surface area (Å²) in [5.41, 5.74) is 0.452. The number of alkyl halides is 2. The highest BCUT2D eigenvalue weighted by Crippen LogP contribution is 2.28. The molecule has 0 saturated carbocycles. The molecule has 1 saturated heterocycles. The van der Waals surface area contributed by atoms with Gasteiger partial charge in [-0.25, -0.2) is 13.8 Å². The van der Waals surface area contributed by atoms with Crippen molar-refractivity contribution in [1.29, 1.82) is 0 Å². The van der Waals surface area contributed by atoms with Gasteiger partial charge in [-0.1, -0.05) is 18.2 Å². The number of imidazole rings is 1. The third-order valence-electron chi connectivity index (χ3n) is 3.75. The summed E-state index contributed by atoms with van der Waals surface area (Å²) in [6.07, 6.45) is 3.91. The summed E-state index contributed by atoms with van der Waals surface area (Å²) < 4.78 is 29.5. The first-order chi connectivity index (χ1) is 11.3. The van der Waals surface area contributed by atoms with Crippen molar-refractivity contribution in [2.45, 2.75) is 12.0 Å². The van der Waals surface area contributed by atoms with Crippen LogP contribution in [0.3, 0.4) is 0 Å². The van der Waals surface area contributed by atoms with E-state index in [0.717, 1.165) is 11.0 Å². The Morgan fingerprint density at radius 1 is 1.42 bits per heavy atom. The summed E-state index contributed by atoms with van der Waals surface area (Å²) in [4.78, 5) is 28.7. The molecule has 3 heterocycles. The lowest BCUT2D eigenvalue weighted by Crippen LogP contribution is -2.46. The lowest BCUT2D eigenvalue weighted by atomic mass is 10.2. The Hall–Kier alpha value is -2.48. The summed E-state index contributed by atoms with van der Waals surface area (Å²) in [5.74, 6) is -4.57. The van der Waals surface area contributed by atoms with Gasteiger partial charge in [-0.3, -0.25) is 9.59 Å². The van der Waals surface area contributed by atoms with E-state index in [0.29, 0.717) is 10.7 Å². The van der Waals surface area contributed by atoms with Gasteiger partial charge in [0.15, 0.2) is 0 Å². The number of carbonyl (C=O) groups excluding carboxylic acids is 2. The van der Waals surface area contributed by atoms with Crippen LogP contribution in [0.25, 0.3) is 5.65 Å². The second-order valence-electron chi connectivity index (χ2n) is 5.45. The fourth-order valence-electron chi connectivity index (χ4n) is 2.54. The molecular weight excluding hydrogens is 342 g/mol. The first-order valence-corrected chi connectivity index (χ1v) is 7.42. The van der Waals surface area contributed by atoms with Crippen LogP contribution in [0.1, 0.15) is 10.5 Å². The molecule has 1 fully saturated rings. The van der Waals surface area contributed by atoms with Gasteiger partial charge in [-0.05, 0) is 18.2 Å². The van der Waals surface area contributed by atoms with E-state index in [9.17, 15) is 18.4 Å². The lowest BCUT2D eigenvalue weighted by Gasteiger charge is -2.17. The maximum atomic E-state index is 14.0. The third kappa shape index (κ3) is 2.96. The minimum absolute atomic E-state index is 0.0124. The summed E-state index contributed by atoms with van der Waals surface area (Å²) >= 11 is 5.85. The minimum atomic E-state index is -3.23. The maximum Gasteiger partial charge on any atom is 0.286 e. The molecule has 2 aromatic heterocycles. The standard InChI is InChI=1S/C15H13ClF2N4O2/c1-2-13(23)22-7-11(15(17,18)8-22)20-14(24)10-6-21-5-9(16)3-4-12(21)19-10/h2-6,11H,1,7-8H2,(H,20,24).